The van der Waals surface area contributed by atoms with Crippen LogP contribution in [-0.4, -0.2) is 50.8 Å². The fourth-order valence-corrected chi connectivity index (χ4v) is 3.70. The summed E-state index contributed by atoms with van der Waals surface area (Å²) in [4.78, 5) is 15.1. The molecule has 0 spiro atoms. The van der Waals surface area contributed by atoms with Crippen molar-refractivity contribution in [1.29, 1.82) is 0 Å². The molecule has 0 saturated carbocycles. The highest BCUT2D eigenvalue weighted by Gasteiger charge is 2.24. The first-order chi connectivity index (χ1) is 15.7. The molecule has 7 heteroatoms. The topological polar surface area (TPSA) is 73.2 Å². The molecule has 32 heavy (non-hydrogen) atoms. The molecule has 1 unspecified atom stereocenters. The number of methoxy groups -OCH3 is 1. The Morgan fingerprint density at radius 3 is 2.47 bits per heavy atom. The minimum Gasteiger partial charge on any atom is -0.497 e. The number of nitrogens with one attached hydrogen (secondary N) is 1. The van der Waals surface area contributed by atoms with Crippen molar-refractivity contribution in [3.63, 3.8) is 0 Å². The molecular weight excluding hydrogens is 408 g/mol. The molecule has 168 valence electrons. The number of rotatable bonds is 9. The van der Waals surface area contributed by atoms with Crippen molar-refractivity contribution >= 4 is 5.91 Å². The molecule has 2 aromatic carbocycles. The van der Waals surface area contributed by atoms with Gasteiger partial charge in [-0.15, -0.1) is 0 Å². The summed E-state index contributed by atoms with van der Waals surface area (Å²) in [6, 6.07) is 20.9. The van der Waals surface area contributed by atoms with Crippen molar-refractivity contribution < 1.29 is 23.4 Å². The summed E-state index contributed by atoms with van der Waals surface area (Å²) < 4.78 is 22.2. The zero-order valence-corrected chi connectivity index (χ0v) is 18.2. The Kier molecular flexibility index (Phi) is 7.42. The molecule has 4 rings (SSSR count). The molecule has 2 heterocycles. The van der Waals surface area contributed by atoms with Gasteiger partial charge in [-0.2, -0.15) is 0 Å². The second-order valence-corrected chi connectivity index (χ2v) is 7.52. The SMILES string of the molecule is COc1ccc(C(CNC(=O)c2ccc(COc3ccccc3)o2)N2CCOCC2)cc1. The highest BCUT2D eigenvalue weighted by molar-refractivity contribution is 5.91. The maximum absolute atomic E-state index is 12.7. The average Bonchev–Trinajstić information content (AvgIpc) is 3.34. The number of ether oxygens (including phenoxy) is 3. The van der Waals surface area contributed by atoms with E-state index in [1.165, 1.54) is 0 Å². The van der Waals surface area contributed by atoms with Gasteiger partial charge in [-0.25, -0.2) is 0 Å². The smallest absolute Gasteiger partial charge is 0.287 e. The molecule has 3 aromatic rings. The summed E-state index contributed by atoms with van der Waals surface area (Å²) in [7, 11) is 1.65. The van der Waals surface area contributed by atoms with Crippen molar-refractivity contribution in [1.82, 2.24) is 10.2 Å². The van der Waals surface area contributed by atoms with Gasteiger partial charge in [0, 0.05) is 19.6 Å². The third-order valence-corrected chi connectivity index (χ3v) is 5.45. The number of morpholine rings is 1. The number of benzene rings is 2. The first-order valence-corrected chi connectivity index (χ1v) is 10.7. The van der Waals surface area contributed by atoms with Gasteiger partial charge in [0.15, 0.2) is 5.76 Å². The van der Waals surface area contributed by atoms with Gasteiger partial charge in [-0.05, 0) is 42.0 Å². The van der Waals surface area contributed by atoms with E-state index in [9.17, 15) is 4.79 Å². The second-order valence-electron chi connectivity index (χ2n) is 7.52. The first-order valence-electron chi connectivity index (χ1n) is 10.7. The predicted octanol–water partition coefficient (Wildman–Crippen LogP) is 3.67. The van der Waals surface area contributed by atoms with Crippen LogP contribution in [0.3, 0.4) is 0 Å². The van der Waals surface area contributed by atoms with Crippen molar-refractivity contribution in [2.75, 3.05) is 40.0 Å². The van der Waals surface area contributed by atoms with Crippen LogP contribution in [-0.2, 0) is 11.3 Å². The van der Waals surface area contributed by atoms with Crippen LogP contribution in [0.1, 0.15) is 27.9 Å². The normalized spacial score (nSPS) is 15.2. The Labute approximate surface area is 187 Å². The molecule has 1 fully saturated rings. The maximum atomic E-state index is 12.7. The Bertz CT molecular complexity index is 981. The van der Waals surface area contributed by atoms with E-state index in [0.29, 0.717) is 25.5 Å². The van der Waals surface area contributed by atoms with Gasteiger partial charge >= 0.3 is 0 Å². The van der Waals surface area contributed by atoms with E-state index in [4.69, 9.17) is 18.6 Å². The third-order valence-electron chi connectivity index (χ3n) is 5.45. The van der Waals surface area contributed by atoms with Crippen LogP contribution >= 0.6 is 0 Å². The number of carbonyl (C=O) groups excluding carboxylic acids is 1. The summed E-state index contributed by atoms with van der Waals surface area (Å²) in [6.07, 6.45) is 0. The average molecular weight is 437 g/mol. The number of amides is 1. The summed E-state index contributed by atoms with van der Waals surface area (Å²) in [5.74, 6) is 2.18. The quantitative estimate of drug-likeness (QED) is 0.552. The van der Waals surface area contributed by atoms with Crippen molar-refractivity contribution in [3.8, 4) is 11.5 Å². The number of carbonyl (C=O) groups is 1. The molecule has 0 bridgehead atoms. The fourth-order valence-electron chi connectivity index (χ4n) is 3.70. The van der Waals surface area contributed by atoms with Gasteiger partial charge in [-0.3, -0.25) is 9.69 Å². The monoisotopic (exact) mass is 436 g/mol. The molecule has 7 nitrogen and oxygen atoms in total. The van der Waals surface area contributed by atoms with Crippen molar-refractivity contribution in [2.45, 2.75) is 12.6 Å². The number of nitrogens with zero attached hydrogens (tertiary/aromatic N) is 1. The molecule has 1 N–H and O–H groups in total. The van der Waals surface area contributed by atoms with Gasteiger partial charge < -0.3 is 23.9 Å². The Morgan fingerprint density at radius 2 is 1.75 bits per heavy atom. The van der Waals surface area contributed by atoms with Gasteiger partial charge in [0.1, 0.15) is 23.9 Å². The van der Waals surface area contributed by atoms with Crippen LogP contribution in [0, 0.1) is 0 Å². The molecule has 1 aliphatic heterocycles. The molecule has 0 aliphatic carbocycles. The van der Waals surface area contributed by atoms with Crippen LogP contribution in [0.2, 0.25) is 0 Å². The Morgan fingerprint density at radius 1 is 1.00 bits per heavy atom. The van der Waals surface area contributed by atoms with Crippen LogP contribution in [0.25, 0.3) is 0 Å². The van der Waals surface area contributed by atoms with Gasteiger partial charge in [-0.1, -0.05) is 30.3 Å². The van der Waals surface area contributed by atoms with E-state index in [1.54, 1.807) is 19.2 Å². The second kappa shape index (κ2) is 10.8. The summed E-state index contributed by atoms with van der Waals surface area (Å²) in [5.41, 5.74) is 1.12. The van der Waals surface area contributed by atoms with Crippen LogP contribution < -0.4 is 14.8 Å². The minimum atomic E-state index is -0.247. The Hall–Kier alpha value is -3.29. The van der Waals surface area contributed by atoms with E-state index in [0.717, 1.165) is 30.2 Å². The largest absolute Gasteiger partial charge is 0.497 e. The lowest BCUT2D eigenvalue weighted by atomic mass is 10.0. The summed E-state index contributed by atoms with van der Waals surface area (Å²) in [5, 5.41) is 3.02. The zero-order chi connectivity index (χ0) is 22.2. The molecular formula is C25H28N2O5. The standard InChI is InChI=1S/C25H28N2O5/c1-29-20-9-7-19(8-10-20)23(27-13-15-30-16-14-27)17-26-25(28)24-12-11-22(32-24)18-31-21-5-3-2-4-6-21/h2-12,23H,13-18H2,1H3,(H,26,28). The predicted molar refractivity (Wildman–Crippen MR) is 120 cm³/mol. The van der Waals surface area contributed by atoms with Crippen LogP contribution in [0.5, 0.6) is 11.5 Å². The molecule has 1 aromatic heterocycles. The molecule has 1 saturated heterocycles. The van der Waals surface area contributed by atoms with Crippen LogP contribution in [0.4, 0.5) is 0 Å². The van der Waals surface area contributed by atoms with E-state index >= 15 is 0 Å². The lowest BCUT2D eigenvalue weighted by Gasteiger charge is -2.34. The lowest BCUT2D eigenvalue weighted by molar-refractivity contribution is 0.0161. The van der Waals surface area contributed by atoms with Crippen molar-refractivity contribution in [2.24, 2.45) is 0 Å². The van der Waals surface area contributed by atoms with Gasteiger partial charge in [0.25, 0.3) is 5.91 Å². The highest BCUT2D eigenvalue weighted by Crippen LogP contribution is 2.24. The molecule has 1 aliphatic rings. The number of hydrogen-bond acceptors (Lipinski definition) is 6. The molecule has 0 radical (unpaired) electrons. The number of furan rings is 1. The van der Waals surface area contributed by atoms with E-state index in [-0.39, 0.29) is 24.3 Å². The number of hydrogen-bond donors (Lipinski definition) is 1. The Balaban J connectivity index is 1.37. The first kappa shape index (κ1) is 21.9. The van der Waals surface area contributed by atoms with E-state index < -0.39 is 0 Å². The minimum absolute atomic E-state index is 0.0320. The molecule has 1 atom stereocenters. The van der Waals surface area contributed by atoms with E-state index in [2.05, 4.69) is 10.2 Å². The summed E-state index contributed by atoms with van der Waals surface area (Å²) in [6.45, 7) is 3.72. The van der Waals surface area contributed by atoms with Crippen LogP contribution in [0.15, 0.2) is 71.1 Å². The third kappa shape index (κ3) is 5.69. The highest BCUT2D eigenvalue weighted by atomic mass is 16.5. The van der Waals surface area contributed by atoms with Gasteiger partial charge in [0.05, 0.1) is 26.4 Å². The van der Waals surface area contributed by atoms with E-state index in [1.807, 2.05) is 54.6 Å². The maximum Gasteiger partial charge on any atom is 0.287 e. The summed E-state index contributed by atoms with van der Waals surface area (Å²) >= 11 is 0. The molecule has 1 amide bonds. The zero-order valence-electron chi connectivity index (χ0n) is 18.2. The fraction of sp³-hybridized carbons (Fsp3) is 0.320. The lowest BCUT2D eigenvalue weighted by Crippen LogP contribution is -2.43. The van der Waals surface area contributed by atoms with Gasteiger partial charge in [0.2, 0.25) is 0 Å². The van der Waals surface area contributed by atoms with Crippen molar-refractivity contribution in [3.05, 3.63) is 83.8 Å². The number of para-hydroxylation sites is 1.